The lowest BCUT2D eigenvalue weighted by Gasteiger charge is -2.11. The number of nitrogens with one attached hydrogen (secondary N) is 1. The van der Waals surface area contributed by atoms with Crippen molar-refractivity contribution >= 4 is 34.2 Å². The summed E-state index contributed by atoms with van der Waals surface area (Å²) < 4.78 is 5.20. The molecule has 0 spiro atoms. The molecular formula is C13H13NOS2. The van der Waals surface area contributed by atoms with Crippen LogP contribution in [0.5, 0.6) is 5.75 Å². The molecule has 1 aromatic heterocycles. The van der Waals surface area contributed by atoms with Gasteiger partial charge >= 0.3 is 0 Å². The molecule has 1 heterocycles. The smallest absolute Gasteiger partial charge is 0.121 e. The molecule has 2 nitrogen and oxygen atoms in total. The summed E-state index contributed by atoms with van der Waals surface area (Å²) in [7, 11) is 1.66. The zero-order valence-electron chi connectivity index (χ0n) is 9.69. The molecule has 0 aliphatic carbocycles. The summed E-state index contributed by atoms with van der Waals surface area (Å²) in [5.74, 6) is 0.826. The van der Waals surface area contributed by atoms with Crippen LogP contribution in [0, 0.1) is 6.92 Å². The molecule has 0 bridgehead atoms. The summed E-state index contributed by atoms with van der Waals surface area (Å²) in [6.07, 6.45) is 0. The average Bonchev–Trinajstić information content (AvgIpc) is 2.85. The Morgan fingerprint density at radius 3 is 2.82 bits per heavy atom. The van der Waals surface area contributed by atoms with Gasteiger partial charge in [-0.05, 0) is 30.0 Å². The van der Waals surface area contributed by atoms with Crippen molar-refractivity contribution in [2.45, 2.75) is 6.92 Å². The van der Waals surface area contributed by atoms with E-state index in [1.54, 1.807) is 18.4 Å². The Kier molecular flexibility index (Phi) is 3.76. The topological polar surface area (TPSA) is 21.3 Å². The minimum atomic E-state index is 0.747. The van der Waals surface area contributed by atoms with Gasteiger partial charge < -0.3 is 10.1 Å². The van der Waals surface area contributed by atoms with Crippen LogP contribution in [0.25, 0.3) is 0 Å². The van der Waals surface area contributed by atoms with Crippen LogP contribution in [-0.2, 0) is 0 Å². The van der Waals surface area contributed by atoms with Crippen LogP contribution in [0.4, 0.5) is 5.69 Å². The third-order valence-corrected chi connectivity index (χ3v) is 3.78. The number of rotatable bonds is 3. The van der Waals surface area contributed by atoms with Crippen LogP contribution in [0.1, 0.15) is 10.4 Å². The van der Waals surface area contributed by atoms with Crippen LogP contribution in [0.2, 0.25) is 0 Å². The van der Waals surface area contributed by atoms with Crippen LogP contribution in [-0.4, -0.2) is 12.1 Å². The number of methoxy groups -OCH3 is 1. The Hall–Kier alpha value is -1.39. The van der Waals surface area contributed by atoms with Crippen molar-refractivity contribution in [2.24, 2.45) is 0 Å². The number of hydrogen-bond acceptors (Lipinski definition) is 3. The van der Waals surface area contributed by atoms with Gasteiger partial charge in [0.25, 0.3) is 0 Å². The molecule has 0 unspecified atom stereocenters. The Morgan fingerprint density at radius 1 is 1.35 bits per heavy atom. The normalized spacial score (nSPS) is 10.0. The first-order valence-corrected chi connectivity index (χ1v) is 6.49. The summed E-state index contributed by atoms with van der Waals surface area (Å²) in [6, 6.07) is 9.91. The van der Waals surface area contributed by atoms with Crippen LogP contribution in [0.15, 0.2) is 35.7 Å². The SMILES string of the molecule is COc1ccc(C)c(NC(=S)c2cccs2)c1. The second-order valence-electron chi connectivity index (χ2n) is 3.61. The van der Waals surface area contributed by atoms with E-state index in [-0.39, 0.29) is 0 Å². The van der Waals surface area contributed by atoms with Gasteiger partial charge in [-0.3, -0.25) is 0 Å². The summed E-state index contributed by atoms with van der Waals surface area (Å²) in [5.41, 5.74) is 2.13. The summed E-state index contributed by atoms with van der Waals surface area (Å²) in [6.45, 7) is 2.04. The predicted molar refractivity (Wildman–Crippen MR) is 77.4 cm³/mol. The molecule has 0 saturated carbocycles. The molecule has 88 valence electrons. The highest BCUT2D eigenvalue weighted by Crippen LogP contribution is 2.23. The largest absolute Gasteiger partial charge is 0.497 e. The van der Waals surface area contributed by atoms with E-state index in [4.69, 9.17) is 17.0 Å². The average molecular weight is 263 g/mol. The number of aryl methyl sites for hydroxylation is 1. The predicted octanol–water partition coefficient (Wildman–Crippen LogP) is 3.85. The van der Waals surface area contributed by atoms with Crippen LogP contribution >= 0.6 is 23.6 Å². The first-order chi connectivity index (χ1) is 8.20. The first kappa shape index (κ1) is 12.1. The van der Waals surface area contributed by atoms with Gasteiger partial charge in [-0.25, -0.2) is 0 Å². The molecule has 0 aliphatic rings. The van der Waals surface area contributed by atoms with Crippen molar-refractivity contribution in [3.05, 3.63) is 46.2 Å². The molecule has 0 radical (unpaired) electrons. The maximum atomic E-state index is 5.35. The van der Waals surface area contributed by atoms with Crippen molar-refractivity contribution < 1.29 is 4.74 Å². The van der Waals surface area contributed by atoms with Crippen molar-refractivity contribution in [3.63, 3.8) is 0 Å². The van der Waals surface area contributed by atoms with Gasteiger partial charge in [0.05, 0.1) is 12.0 Å². The Bertz CT molecular complexity index is 520. The zero-order valence-corrected chi connectivity index (χ0v) is 11.3. The molecule has 4 heteroatoms. The van der Waals surface area contributed by atoms with E-state index < -0.39 is 0 Å². The number of anilines is 1. The quantitative estimate of drug-likeness (QED) is 0.850. The Balaban J connectivity index is 2.21. The maximum absolute atomic E-state index is 5.35. The summed E-state index contributed by atoms with van der Waals surface area (Å²) >= 11 is 6.98. The molecule has 1 N–H and O–H groups in total. The summed E-state index contributed by atoms with van der Waals surface area (Å²) in [5, 5.41) is 5.26. The van der Waals surface area contributed by atoms with Gasteiger partial charge in [-0.1, -0.05) is 24.4 Å². The number of thiophene rings is 1. The van der Waals surface area contributed by atoms with Crippen molar-refractivity contribution in [2.75, 3.05) is 12.4 Å². The molecule has 2 aromatic rings. The monoisotopic (exact) mass is 263 g/mol. The van der Waals surface area contributed by atoms with Gasteiger partial charge in [-0.2, -0.15) is 0 Å². The number of ether oxygens (including phenoxy) is 1. The highest BCUT2D eigenvalue weighted by Gasteiger charge is 2.05. The fourth-order valence-electron chi connectivity index (χ4n) is 1.45. The van der Waals surface area contributed by atoms with Gasteiger partial charge in [0.2, 0.25) is 0 Å². The maximum Gasteiger partial charge on any atom is 0.121 e. The number of thiocarbonyl (C=S) groups is 1. The molecular weight excluding hydrogens is 250 g/mol. The third-order valence-electron chi connectivity index (χ3n) is 2.44. The second-order valence-corrected chi connectivity index (χ2v) is 4.97. The van der Waals surface area contributed by atoms with E-state index in [0.717, 1.165) is 26.9 Å². The van der Waals surface area contributed by atoms with Gasteiger partial charge in [-0.15, -0.1) is 11.3 Å². The van der Waals surface area contributed by atoms with E-state index >= 15 is 0 Å². The minimum absolute atomic E-state index is 0.747. The highest BCUT2D eigenvalue weighted by molar-refractivity contribution is 7.81. The van der Waals surface area contributed by atoms with Crippen LogP contribution in [0.3, 0.4) is 0 Å². The molecule has 1 aromatic carbocycles. The molecule has 0 atom stereocenters. The zero-order chi connectivity index (χ0) is 12.3. The fraction of sp³-hybridized carbons (Fsp3) is 0.154. The Labute approximate surface area is 110 Å². The van der Waals surface area contributed by atoms with Crippen LogP contribution < -0.4 is 10.1 Å². The summed E-state index contributed by atoms with van der Waals surface area (Å²) in [4.78, 5) is 1.82. The molecule has 0 aliphatic heterocycles. The first-order valence-electron chi connectivity index (χ1n) is 5.20. The molecule has 17 heavy (non-hydrogen) atoms. The molecule has 0 fully saturated rings. The lowest BCUT2D eigenvalue weighted by molar-refractivity contribution is 0.415. The Morgan fingerprint density at radius 2 is 2.18 bits per heavy atom. The van der Waals surface area contributed by atoms with E-state index in [1.165, 1.54) is 0 Å². The van der Waals surface area contributed by atoms with Gasteiger partial charge in [0, 0.05) is 11.8 Å². The molecule has 2 rings (SSSR count). The van der Waals surface area contributed by atoms with Gasteiger partial charge in [0.15, 0.2) is 0 Å². The second kappa shape index (κ2) is 5.29. The van der Waals surface area contributed by atoms with Crippen molar-refractivity contribution in [1.29, 1.82) is 0 Å². The lowest BCUT2D eigenvalue weighted by atomic mass is 10.2. The fourth-order valence-corrected chi connectivity index (χ4v) is 2.40. The standard InChI is InChI=1S/C13H13NOS2/c1-9-5-6-10(15-2)8-11(9)14-13(16)12-4-3-7-17-12/h3-8H,1-2H3,(H,14,16). The number of hydrogen-bond donors (Lipinski definition) is 1. The number of benzene rings is 1. The van der Waals surface area contributed by atoms with Crippen molar-refractivity contribution in [3.8, 4) is 5.75 Å². The third kappa shape index (κ3) is 2.84. The van der Waals surface area contributed by atoms with Crippen molar-refractivity contribution in [1.82, 2.24) is 0 Å². The van der Waals surface area contributed by atoms with E-state index in [1.807, 2.05) is 42.6 Å². The van der Waals surface area contributed by atoms with E-state index in [2.05, 4.69) is 5.32 Å². The molecule has 0 amide bonds. The molecule has 0 saturated heterocycles. The highest BCUT2D eigenvalue weighted by atomic mass is 32.1. The minimum Gasteiger partial charge on any atom is -0.497 e. The van der Waals surface area contributed by atoms with E-state index in [9.17, 15) is 0 Å². The lowest BCUT2D eigenvalue weighted by Crippen LogP contribution is -2.09. The van der Waals surface area contributed by atoms with E-state index in [0.29, 0.717) is 0 Å². The van der Waals surface area contributed by atoms with Gasteiger partial charge in [0.1, 0.15) is 10.7 Å².